The van der Waals surface area contributed by atoms with E-state index in [0.717, 1.165) is 5.56 Å². The molecule has 0 saturated carbocycles. The summed E-state index contributed by atoms with van der Waals surface area (Å²) in [6.07, 6.45) is 0.633. The molecule has 0 fully saturated rings. The molecule has 0 amide bonds. The van der Waals surface area contributed by atoms with Gasteiger partial charge in [0.1, 0.15) is 5.82 Å². The molecule has 0 radical (unpaired) electrons. The highest BCUT2D eigenvalue weighted by Gasteiger charge is 2.18. The maximum absolute atomic E-state index is 13.5. The molecule has 2 rings (SSSR count). The molecule has 92 valence electrons. The molecular formula is C16H15FO. The highest BCUT2D eigenvalue weighted by atomic mass is 19.1. The van der Waals surface area contributed by atoms with Gasteiger partial charge in [0, 0.05) is 5.92 Å². The fourth-order valence-corrected chi connectivity index (χ4v) is 1.99. The van der Waals surface area contributed by atoms with Crippen molar-refractivity contribution < 1.29 is 9.18 Å². The lowest BCUT2D eigenvalue weighted by Crippen LogP contribution is -2.15. The van der Waals surface area contributed by atoms with Gasteiger partial charge in [-0.3, -0.25) is 4.79 Å². The molecule has 2 aromatic rings. The molecular weight excluding hydrogens is 227 g/mol. The monoisotopic (exact) mass is 242 g/mol. The smallest absolute Gasteiger partial charge is 0.168 e. The predicted molar refractivity (Wildman–Crippen MR) is 70.0 cm³/mol. The standard InChI is InChI=1S/C16H15FO/c1-12(11-13-7-3-2-4-8-13)16(18)14-9-5-6-10-15(14)17/h2-10,12H,11H2,1H3/t12-/m0/s1. The topological polar surface area (TPSA) is 17.1 Å². The highest BCUT2D eigenvalue weighted by Crippen LogP contribution is 2.16. The number of rotatable bonds is 4. The van der Waals surface area contributed by atoms with E-state index in [1.807, 2.05) is 37.3 Å². The number of Topliss-reactive ketones (excluding diaryl/α,β-unsaturated/α-hetero) is 1. The van der Waals surface area contributed by atoms with Crippen molar-refractivity contribution in [1.29, 1.82) is 0 Å². The second kappa shape index (κ2) is 5.58. The maximum atomic E-state index is 13.5. The number of ketones is 1. The minimum absolute atomic E-state index is 0.142. The van der Waals surface area contributed by atoms with Crippen LogP contribution in [-0.2, 0) is 6.42 Å². The van der Waals surface area contributed by atoms with E-state index < -0.39 is 5.82 Å². The summed E-state index contributed by atoms with van der Waals surface area (Å²) in [6.45, 7) is 1.84. The first kappa shape index (κ1) is 12.5. The lowest BCUT2D eigenvalue weighted by atomic mass is 9.93. The molecule has 0 aliphatic rings. The Hall–Kier alpha value is -1.96. The zero-order valence-electron chi connectivity index (χ0n) is 10.3. The van der Waals surface area contributed by atoms with E-state index in [-0.39, 0.29) is 17.3 Å². The quantitative estimate of drug-likeness (QED) is 0.743. The Bertz CT molecular complexity index is 534. The summed E-state index contributed by atoms with van der Waals surface area (Å²) >= 11 is 0. The maximum Gasteiger partial charge on any atom is 0.168 e. The van der Waals surface area contributed by atoms with Gasteiger partial charge in [-0.2, -0.15) is 0 Å². The van der Waals surface area contributed by atoms with Gasteiger partial charge in [-0.05, 0) is 24.1 Å². The zero-order chi connectivity index (χ0) is 13.0. The first-order valence-corrected chi connectivity index (χ1v) is 6.01. The van der Waals surface area contributed by atoms with Gasteiger partial charge in [0.2, 0.25) is 0 Å². The van der Waals surface area contributed by atoms with E-state index in [2.05, 4.69) is 0 Å². The lowest BCUT2D eigenvalue weighted by Gasteiger charge is -2.11. The highest BCUT2D eigenvalue weighted by molar-refractivity contribution is 5.98. The third-order valence-corrected chi connectivity index (χ3v) is 2.97. The average molecular weight is 242 g/mol. The van der Waals surface area contributed by atoms with Crippen LogP contribution in [0.15, 0.2) is 54.6 Å². The van der Waals surface area contributed by atoms with Crippen molar-refractivity contribution in [3.63, 3.8) is 0 Å². The number of halogens is 1. The van der Waals surface area contributed by atoms with E-state index in [4.69, 9.17) is 0 Å². The minimum Gasteiger partial charge on any atom is -0.294 e. The molecule has 0 aliphatic heterocycles. The van der Waals surface area contributed by atoms with Crippen LogP contribution < -0.4 is 0 Å². The van der Waals surface area contributed by atoms with E-state index in [0.29, 0.717) is 6.42 Å². The fourth-order valence-electron chi connectivity index (χ4n) is 1.99. The number of hydrogen-bond donors (Lipinski definition) is 0. The van der Waals surface area contributed by atoms with Gasteiger partial charge in [0.15, 0.2) is 5.78 Å². The Balaban J connectivity index is 2.13. The first-order valence-electron chi connectivity index (χ1n) is 6.01. The van der Waals surface area contributed by atoms with Gasteiger partial charge in [0.05, 0.1) is 5.56 Å². The normalized spacial score (nSPS) is 12.1. The van der Waals surface area contributed by atoms with Gasteiger partial charge >= 0.3 is 0 Å². The summed E-state index contributed by atoms with van der Waals surface area (Å²) in [4.78, 5) is 12.1. The SMILES string of the molecule is C[C@@H](Cc1ccccc1)C(=O)c1ccccc1F. The fraction of sp³-hybridized carbons (Fsp3) is 0.188. The molecule has 1 nitrogen and oxygen atoms in total. The summed E-state index contributed by atoms with van der Waals surface area (Å²) < 4.78 is 13.5. The van der Waals surface area contributed by atoms with Crippen LogP contribution in [0.3, 0.4) is 0 Å². The Morgan fingerprint density at radius 2 is 1.67 bits per heavy atom. The van der Waals surface area contributed by atoms with Crippen molar-refractivity contribution in [2.24, 2.45) is 5.92 Å². The molecule has 0 heterocycles. The van der Waals surface area contributed by atoms with Crippen molar-refractivity contribution >= 4 is 5.78 Å². The molecule has 0 unspecified atom stereocenters. The van der Waals surface area contributed by atoms with Crippen molar-refractivity contribution in [3.05, 3.63) is 71.5 Å². The van der Waals surface area contributed by atoms with Gasteiger partial charge in [0.25, 0.3) is 0 Å². The van der Waals surface area contributed by atoms with Crippen molar-refractivity contribution in [1.82, 2.24) is 0 Å². The number of benzene rings is 2. The Labute approximate surface area is 106 Å². The van der Waals surface area contributed by atoms with Crippen LogP contribution in [0.4, 0.5) is 4.39 Å². The van der Waals surface area contributed by atoms with Crippen molar-refractivity contribution in [2.75, 3.05) is 0 Å². The van der Waals surface area contributed by atoms with Crippen LogP contribution in [0.25, 0.3) is 0 Å². The summed E-state index contributed by atoms with van der Waals surface area (Å²) in [5, 5.41) is 0. The summed E-state index contributed by atoms with van der Waals surface area (Å²) in [6, 6.07) is 15.9. The lowest BCUT2D eigenvalue weighted by molar-refractivity contribution is 0.0925. The van der Waals surface area contributed by atoms with Gasteiger partial charge in [-0.15, -0.1) is 0 Å². The second-order valence-electron chi connectivity index (χ2n) is 4.43. The van der Waals surface area contributed by atoms with Crippen LogP contribution in [0.2, 0.25) is 0 Å². The van der Waals surface area contributed by atoms with Crippen LogP contribution in [-0.4, -0.2) is 5.78 Å². The molecule has 1 atom stereocenters. The minimum atomic E-state index is -0.442. The van der Waals surface area contributed by atoms with Gasteiger partial charge < -0.3 is 0 Å². The van der Waals surface area contributed by atoms with Gasteiger partial charge in [-0.1, -0.05) is 49.4 Å². The molecule has 2 heteroatoms. The molecule has 0 saturated heterocycles. The van der Waals surface area contributed by atoms with Crippen molar-refractivity contribution in [2.45, 2.75) is 13.3 Å². The van der Waals surface area contributed by atoms with E-state index in [1.54, 1.807) is 18.2 Å². The molecule has 0 bridgehead atoms. The van der Waals surface area contributed by atoms with E-state index in [1.165, 1.54) is 6.07 Å². The number of hydrogen-bond acceptors (Lipinski definition) is 1. The van der Waals surface area contributed by atoms with Crippen molar-refractivity contribution in [3.8, 4) is 0 Å². The summed E-state index contributed by atoms with van der Waals surface area (Å²) in [5.74, 6) is -0.802. The average Bonchev–Trinajstić information content (AvgIpc) is 2.39. The molecule has 0 N–H and O–H groups in total. The van der Waals surface area contributed by atoms with E-state index in [9.17, 15) is 9.18 Å². The summed E-state index contributed by atoms with van der Waals surface area (Å²) in [7, 11) is 0. The molecule has 0 aromatic heterocycles. The predicted octanol–water partition coefficient (Wildman–Crippen LogP) is 3.89. The number of carbonyl (C=O) groups excluding carboxylic acids is 1. The largest absolute Gasteiger partial charge is 0.294 e. The molecule has 0 spiro atoms. The third kappa shape index (κ3) is 2.83. The second-order valence-corrected chi connectivity index (χ2v) is 4.43. The third-order valence-electron chi connectivity index (χ3n) is 2.97. The Kier molecular flexibility index (Phi) is 3.88. The molecule has 2 aromatic carbocycles. The van der Waals surface area contributed by atoms with Crippen LogP contribution in [0.5, 0.6) is 0 Å². The summed E-state index contributed by atoms with van der Waals surface area (Å²) in [5.41, 5.74) is 1.27. The molecule has 0 aliphatic carbocycles. The first-order chi connectivity index (χ1) is 8.68. The number of carbonyl (C=O) groups is 1. The van der Waals surface area contributed by atoms with Gasteiger partial charge in [-0.25, -0.2) is 4.39 Å². The van der Waals surface area contributed by atoms with Crippen LogP contribution in [0.1, 0.15) is 22.8 Å². The Morgan fingerprint density at radius 3 is 2.33 bits per heavy atom. The van der Waals surface area contributed by atoms with Crippen LogP contribution >= 0.6 is 0 Å². The zero-order valence-corrected chi connectivity index (χ0v) is 10.3. The van der Waals surface area contributed by atoms with E-state index >= 15 is 0 Å². The molecule has 18 heavy (non-hydrogen) atoms. The Morgan fingerprint density at radius 1 is 1.06 bits per heavy atom. The van der Waals surface area contributed by atoms with Crippen LogP contribution in [0, 0.1) is 11.7 Å².